The van der Waals surface area contributed by atoms with Gasteiger partial charge in [-0.15, -0.1) is 0 Å². The molecule has 0 aliphatic rings. The lowest BCUT2D eigenvalue weighted by molar-refractivity contribution is -0.446. The highest BCUT2D eigenvalue weighted by molar-refractivity contribution is 5.65. The van der Waals surface area contributed by atoms with Gasteiger partial charge in [-0.05, 0) is 31.5 Å². The first-order valence-electron chi connectivity index (χ1n) is 7.15. The molecule has 0 heterocycles. The van der Waals surface area contributed by atoms with Crippen LogP contribution in [0.25, 0.3) is 6.08 Å². The fourth-order valence-corrected chi connectivity index (χ4v) is 1.62. The van der Waals surface area contributed by atoms with Crippen LogP contribution in [-0.4, -0.2) is 26.4 Å². The largest absolute Gasteiger partial charge is 0.375 e. The highest BCUT2D eigenvalue weighted by atomic mass is 15.1. The lowest BCUT2D eigenvalue weighted by Gasteiger charge is -2.16. The number of benzene rings is 1. The van der Waals surface area contributed by atoms with Gasteiger partial charge >= 0.3 is 0 Å². The van der Waals surface area contributed by atoms with Gasteiger partial charge in [0.05, 0.1) is 0 Å². The molecule has 0 bridgehead atoms. The third-order valence-corrected chi connectivity index (χ3v) is 2.96. The Morgan fingerprint density at radius 2 is 1.60 bits per heavy atom. The zero-order valence-electron chi connectivity index (χ0n) is 12.7. The van der Waals surface area contributed by atoms with E-state index in [1.165, 1.54) is 11.3 Å². The average Bonchev–Trinajstić information content (AvgIpc) is 2.50. The molecule has 0 unspecified atom stereocenters. The predicted molar refractivity (Wildman–Crippen MR) is 90.3 cm³/mol. The van der Waals surface area contributed by atoms with E-state index in [9.17, 15) is 0 Å². The zero-order valence-corrected chi connectivity index (χ0v) is 12.7. The monoisotopic (exact) mass is 269 g/mol. The minimum Gasteiger partial charge on any atom is -0.375 e. The van der Waals surface area contributed by atoms with Gasteiger partial charge in [0.15, 0.2) is 6.21 Å². The summed E-state index contributed by atoms with van der Waals surface area (Å²) in [6.45, 7) is 6.21. The van der Waals surface area contributed by atoms with Gasteiger partial charge in [0.2, 0.25) is 0 Å². The summed E-state index contributed by atoms with van der Waals surface area (Å²) >= 11 is 0. The summed E-state index contributed by atoms with van der Waals surface area (Å²) in [6, 6.07) is 8.58. The van der Waals surface area contributed by atoms with E-state index in [0.29, 0.717) is 0 Å². The van der Waals surface area contributed by atoms with Crippen molar-refractivity contribution in [2.24, 2.45) is 0 Å². The van der Waals surface area contributed by atoms with Gasteiger partial charge in [-0.2, -0.15) is 0 Å². The highest BCUT2D eigenvalue weighted by Crippen LogP contribution is 2.14. The summed E-state index contributed by atoms with van der Waals surface area (Å²) < 4.78 is 0. The first-order valence-corrected chi connectivity index (χ1v) is 7.15. The second kappa shape index (κ2) is 9.79. The Labute approximate surface area is 122 Å². The fraction of sp³-hybridized carbons (Fsp3) is 0.278. The quantitative estimate of drug-likeness (QED) is 0.594. The fourth-order valence-electron chi connectivity index (χ4n) is 1.62. The second-order valence-electron chi connectivity index (χ2n) is 4.46. The lowest BCUT2D eigenvalue weighted by Crippen LogP contribution is -2.67. The molecular formula is C18H25N2+. The highest BCUT2D eigenvalue weighted by Gasteiger charge is 1.95. The van der Waals surface area contributed by atoms with Crippen LogP contribution >= 0.6 is 0 Å². The topological polar surface area (TPSA) is 17.2 Å². The maximum absolute atomic E-state index is 3.12. The van der Waals surface area contributed by atoms with Crippen molar-refractivity contribution in [1.82, 2.24) is 0 Å². The molecule has 0 fully saturated rings. The Balaban J connectivity index is 2.48. The number of allylic oxidation sites excluding steroid dienone is 5. The Morgan fingerprint density at radius 3 is 2.25 bits per heavy atom. The molecule has 0 spiro atoms. The summed E-state index contributed by atoms with van der Waals surface area (Å²) in [7, 11) is 2.10. The van der Waals surface area contributed by atoms with Crippen molar-refractivity contribution < 1.29 is 4.99 Å². The smallest absolute Gasteiger partial charge is 0.161 e. The van der Waals surface area contributed by atoms with Crippen molar-refractivity contribution >= 4 is 18.0 Å². The molecule has 2 heteroatoms. The molecule has 0 atom stereocenters. The standard InChI is InChI=1S/C18H24N2/c1-4-19-16-10-8-6-7-9-11-17-12-14-18(15-13-17)20(3)5-2/h6-16H,4-5H2,1-3H3/p+1/b7-6+,10-8-,11-9+,19-16?. The molecule has 0 saturated carbocycles. The molecule has 20 heavy (non-hydrogen) atoms. The molecule has 106 valence electrons. The average molecular weight is 269 g/mol. The van der Waals surface area contributed by atoms with Crippen LogP contribution in [0.4, 0.5) is 5.69 Å². The molecule has 0 aliphatic heterocycles. The molecule has 2 nitrogen and oxygen atoms in total. The van der Waals surface area contributed by atoms with E-state index < -0.39 is 0 Å². The normalized spacial score (nSPS) is 12.3. The Hall–Kier alpha value is -2.09. The maximum Gasteiger partial charge on any atom is 0.161 e. The lowest BCUT2D eigenvalue weighted by atomic mass is 10.2. The maximum atomic E-state index is 3.12. The van der Waals surface area contributed by atoms with E-state index in [0.717, 1.165) is 13.1 Å². The molecular weight excluding hydrogens is 244 g/mol. The third kappa shape index (κ3) is 6.19. The van der Waals surface area contributed by atoms with Crippen molar-refractivity contribution in [2.45, 2.75) is 13.8 Å². The molecule has 1 N–H and O–H groups in total. The van der Waals surface area contributed by atoms with Crippen molar-refractivity contribution in [3.8, 4) is 0 Å². The molecule has 1 aromatic rings. The van der Waals surface area contributed by atoms with Gasteiger partial charge in [0, 0.05) is 25.4 Å². The van der Waals surface area contributed by atoms with Crippen molar-refractivity contribution in [1.29, 1.82) is 0 Å². The van der Waals surface area contributed by atoms with Crippen molar-refractivity contribution in [2.75, 3.05) is 25.0 Å². The second-order valence-corrected chi connectivity index (χ2v) is 4.46. The van der Waals surface area contributed by atoms with Crippen LogP contribution in [0.2, 0.25) is 0 Å². The van der Waals surface area contributed by atoms with Crippen molar-refractivity contribution in [3.05, 3.63) is 60.2 Å². The van der Waals surface area contributed by atoms with E-state index in [4.69, 9.17) is 0 Å². The van der Waals surface area contributed by atoms with Crippen LogP contribution in [0.15, 0.2) is 54.6 Å². The molecule has 0 aliphatic carbocycles. The van der Waals surface area contributed by atoms with Crippen LogP contribution in [0.3, 0.4) is 0 Å². The van der Waals surface area contributed by atoms with Gasteiger partial charge in [-0.1, -0.05) is 42.5 Å². The van der Waals surface area contributed by atoms with E-state index in [2.05, 4.69) is 67.2 Å². The SMILES string of the molecule is CC[NH+]=C\C=C/C=C/C=C/c1ccc(N(C)CC)cc1. The van der Waals surface area contributed by atoms with E-state index in [-0.39, 0.29) is 0 Å². The van der Waals surface area contributed by atoms with Gasteiger partial charge < -0.3 is 4.90 Å². The Kier molecular flexibility index (Phi) is 7.82. The first-order chi connectivity index (χ1) is 9.77. The molecule has 0 radical (unpaired) electrons. The van der Waals surface area contributed by atoms with Gasteiger partial charge in [-0.25, -0.2) is 4.99 Å². The van der Waals surface area contributed by atoms with Crippen molar-refractivity contribution in [3.63, 3.8) is 0 Å². The zero-order chi connectivity index (χ0) is 14.6. The summed E-state index contributed by atoms with van der Waals surface area (Å²) in [5.41, 5.74) is 2.47. The number of anilines is 1. The van der Waals surface area contributed by atoms with Crippen LogP contribution < -0.4 is 9.89 Å². The molecule has 1 rings (SSSR count). The van der Waals surface area contributed by atoms with Gasteiger partial charge in [0.25, 0.3) is 0 Å². The van der Waals surface area contributed by atoms with Gasteiger partial charge in [-0.3, -0.25) is 0 Å². The minimum absolute atomic E-state index is 0.956. The minimum atomic E-state index is 0.956. The number of nitrogens with one attached hydrogen (secondary N) is 1. The Bertz CT molecular complexity index is 479. The summed E-state index contributed by atoms with van der Waals surface area (Å²) in [6.07, 6.45) is 14.1. The number of nitrogens with zero attached hydrogens (tertiary/aromatic N) is 1. The predicted octanol–water partition coefficient (Wildman–Crippen LogP) is 2.44. The first kappa shape index (κ1) is 16.0. The Morgan fingerprint density at radius 1 is 0.950 bits per heavy atom. The number of rotatable bonds is 7. The molecule has 1 aromatic carbocycles. The van der Waals surface area contributed by atoms with Crippen LogP contribution in [-0.2, 0) is 0 Å². The van der Waals surface area contributed by atoms with E-state index >= 15 is 0 Å². The van der Waals surface area contributed by atoms with E-state index in [1.54, 1.807) is 0 Å². The van der Waals surface area contributed by atoms with Crippen LogP contribution in [0.5, 0.6) is 0 Å². The van der Waals surface area contributed by atoms with Gasteiger partial charge in [0.1, 0.15) is 6.54 Å². The number of hydrogen-bond acceptors (Lipinski definition) is 1. The van der Waals surface area contributed by atoms with Crippen LogP contribution in [0.1, 0.15) is 19.4 Å². The van der Waals surface area contributed by atoms with E-state index in [1.807, 2.05) is 30.5 Å². The molecule has 0 amide bonds. The summed E-state index contributed by atoms with van der Waals surface area (Å²) in [5.74, 6) is 0. The van der Waals surface area contributed by atoms with Crippen LogP contribution in [0, 0.1) is 0 Å². The summed E-state index contributed by atoms with van der Waals surface area (Å²) in [4.78, 5) is 5.34. The molecule has 0 saturated heterocycles. The summed E-state index contributed by atoms with van der Waals surface area (Å²) in [5, 5.41) is 0. The molecule has 0 aromatic heterocycles. The third-order valence-electron chi connectivity index (χ3n) is 2.96. The number of hydrogen-bond donors (Lipinski definition) is 1.